The summed E-state index contributed by atoms with van der Waals surface area (Å²) in [4.78, 5) is 17.0. The van der Waals surface area contributed by atoms with Crippen LogP contribution in [0.1, 0.15) is 18.4 Å². The standard InChI is InChI=1S/C17H26N2O3S/c1-21-9-7-18-8-10-22-16-3-6-19(5-2-15(16)18)17(20)12-14-4-11-23-13-14/h4,11,13,15-16H,2-3,5-10,12H2,1H3/t15-,16-/m1/s1. The second kappa shape index (κ2) is 8.24. The molecule has 128 valence electrons. The van der Waals surface area contributed by atoms with Crippen molar-refractivity contribution in [2.45, 2.75) is 31.4 Å². The fraction of sp³-hybridized carbons (Fsp3) is 0.706. The Balaban J connectivity index is 1.58. The van der Waals surface area contributed by atoms with E-state index in [-0.39, 0.29) is 12.0 Å². The molecule has 2 saturated heterocycles. The molecule has 2 atom stereocenters. The van der Waals surface area contributed by atoms with Gasteiger partial charge in [-0.1, -0.05) is 0 Å². The van der Waals surface area contributed by atoms with Gasteiger partial charge in [0.25, 0.3) is 0 Å². The van der Waals surface area contributed by atoms with Crippen molar-refractivity contribution < 1.29 is 14.3 Å². The Hall–Kier alpha value is -0.950. The first kappa shape index (κ1) is 16.9. The number of hydrogen-bond donors (Lipinski definition) is 0. The smallest absolute Gasteiger partial charge is 0.227 e. The summed E-state index contributed by atoms with van der Waals surface area (Å²) in [5.41, 5.74) is 1.12. The van der Waals surface area contributed by atoms with Gasteiger partial charge in [-0.2, -0.15) is 11.3 Å². The van der Waals surface area contributed by atoms with Gasteiger partial charge in [-0.25, -0.2) is 0 Å². The molecular weight excluding hydrogens is 312 g/mol. The van der Waals surface area contributed by atoms with Gasteiger partial charge in [-0.05, 0) is 35.2 Å². The molecule has 1 amide bonds. The van der Waals surface area contributed by atoms with Gasteiger partial charge in [0, 0.05) is 39.3 Å². The van der Waals surface area contributed by atoms with Crippen molar-refractivity contribution >= 4 is 17.2 Å². The molecule has 2 aliphatic heterocycles. The van der Waals surface area contributed by atoms with Crippen molar-refractivity contribution in [3.63, 3.8) is 0 Å². The van der Waals surface area contributed by atoms with Crippen molar-refractivity contribution in [3.8, 4) is 0 Å². The molecule has 5 nitrogen and oxygen atoms in total. The van der Waals surface area contributed by atoms with Crippen LogP contribution >= 0.6 is 11.3 Å². The average Bonchev–Trinajstić information content (AvgIpc) is 2.96. The summed E-state index contributed by atoms with van der Waals surface area (Å²) in [5.74, 6) is 0.241. The Morgan fingerprint density at radius 2 is 2.26 bits per heavy atom. The molecule has 0 N–H and O–H groups in total. The van der Waals surface area contributed by atoms with E-state index in [2.05, 4.69) is 10.3 Å². The van der Waals surface area contributed by atoms with Crippen LogP contribution in [0.3, 0.4) is 0 Å². The molecule has 3 heterocycles. The third-order valence-corrected chi connectivity index (χ3v) is 5.59. The normalized spacial score (nSPS) is 25.9. The molecule has 6 heteroatoms. The van der Waals surface area contributed by atoms with Crippen LogP contribution in [0.15, 0.2) is 16.8 Å². The van der Waals surface area contributed by atoms with E-state index in [4.69, 9.17) is 9.47 Å². The molecule has 0 aliphatic carbocycles. The summed E-state index contributed by atoms with van der Waals surface area (Å²) in [6.07, 6.45) is 2.69. The molecule has 0 unspecified atom stereocenters. The predicted octanol–water partition coefficient (Wildman–Crippen LogP) is 1.63. The summed E-state index contributed by atoms with van der Waals surface area (Å²) in [6, 6.07) is 2.45. The van der Waals surface area contributed by atoms with E-state index in [1.807, 2.05) is 16.3 Å². The quantitative estimate of drug-likeness (QED) is 0.818. The molecule has 0 spiro atoms. The van der Waals surface area contributed by atoms with Crippen LogP contribution in [0.4, 0.5) is 0 Å². The lowest BCUT2D eigenvalue weighted by Gasteiger charge is -2.40. The summed E-state index contributed by atoms with van der Waals surface area (Å²) in [7, 11) is 1.75. The summed E-state index contributed by atoms with van der Waals surface area (Å²) in [6.45, 7) is 5.09. The fourth-order valence-corrected chi connectivity index (χ4v) is 4.24. The molecular formula is C17H26N2O3S. The number of methoxy groups -OCH3 is 1. The van der Waals surface area contributed by atoms with E-state index < -0.39 is 0 Å². The number of morpholine rings is 1. The topological polar surface area (TPSA) is 42.0 Å². The molecule has 3 rings (SSSR count). The number of hydrogen-bond acceptors (Lipinski definition) is 5. The summed E-state index contributed by atoms with van der Waals surface area (Å²) in [5, 5.41) is 4.09. The summed E-state index contributed by atoms with van der Waals surface area (Å²) >= 11 is 1.65. The van der Waals surface area contributed by atoms with E-state index in [0.29, 0.717) is 12.5 Å². The molecule has 2 fully saturated rings. The molecule has 1 aromatic rings. The predicted molar refractivity (Wildman–Crippen MR) is 90.8 cm³/mol. The van der Waals surface area contributed by atoms with Crippen LogP contribution in [-0.2, 0) is 20.7 Å². The molecule has 23 heavy (non-hydrogen) atoms. The molecule has 1 aromatic heterocycles. The highest BCUT2D eigenvalue weighted by Gasteiger charge is 2.35. The molecule has 0 bridgehead atoms. The highest BCUT2D eigenvalue weighted by Crippen LogP contribution is 2.24. The molecule has 0 aromatic carbocycles. The van der Waals surface area contributed by atoms with E-state index >= 15 is 0 Å². The summed E-state index contributed by atoms with van der Waals surface area (Å²) < 4.78 is 11.2. The Bertz CT molecular complexity index is 494. The number of nitrogens with zero attached hydrogens (tertiary/aromatic N) is 2. The lowest BCUT2D eigenvalue weighted by molar-refractivity contribution is -0.130. The first-order valence-corrected chi connectivity index (χ1v) is 9.35. The number of carbonyl (C=O) groups excluding carboxylic acids is 1. The largest absolute Gasteiger partial charge is 0.383 e. The molecule has 2 aliphatic rings. The van der Waals surface area contributed by atoms with Crippen molar-refractivity contribution in [2.24, 2.45) is 0 Å². The minimum atomic E-state index is 0.241. The number of rotatable bonds is 5. The number of carbonyl (C=O) groups is 1. The Morgan fingerprint density at radius 3 is 3.04 bits per heavy atom. The van der Waals surface area contributed by atoms with Gasteiger partial charge in [0.15, 0.2) is 0 Å². The van der Waals surface area contributed by atoms with Gasteiger partial charge in [0.2, 0.25) is 5.91 Å². The molecule has 0 saturated carbocycles. The van der Waals surface area contributed by atoms with Gasteiger partial charge >= 0.3 is 0 Å². The lowest BCUT2D eigenvalue weighted by Crippen LogP contribution is -2.52. The second-order valence-corrected chi connectivity index (χ2v) is 7.05. The monoisotopic (exact) mass is 338 g/mol. The van der Waals surface area contributed by atoms with Gasteiger partial charge in [0.1, 0.15) is 0 Å². The number of fused-ring (bicyclic) bond motifs is 1. The Labute approximate surface area is 142 Å². The maximum atomic E-state index is 12.5. The highest BCUT2D eigenvalue weighted by molar-refractivity contribution is 7.07. The van der Waals surface area contributed by atoms with Gasteiger partial charge in [-0.15, -0.1) is 0 Å². The third kappa shape index (κ3) is 4.32. The van der Waals surface area contributed by atoms with Crippen molar-refractivity contribution in [2.75, 3.05) is 46.5 Å². The fourth-order valence-electron chi connectivity index (χ4n) is 3.58. The SMILES string of the molecule is COCCN1CCO[C@@H]2CCN(C(=O)Cc3ccsc3)CC[C@H]21. The zero-order valence-electron chi connectivity index (χ0n) is 13.8. The van der Waals surface area contributed by atoms with Crippen LogP contribution in [0.5, 0.6) is 0 Å². The minimum Gasteiger partial charge on any atom is -0.383 e. The van der Waals surface area contributed by atoms with Gasteiger partial charge in [-0.3, -0.25) is 9.69 Å². The van der Waals surface area contributed by atoms with E-state index in [0.717, 1.165) is 57.8 Å². The Morgan fingerprint density at radius 1 is 1.39 bits per heavy atom. The minimum absolute atomic E-state index is 0.241. The first-order chi connectivity index (χ1) is 11.3. The zero-order chi connectivity index (χ0) is 16.1. The number of thiophene rings is 1. The third-order valence-electron chi connectivity index (χ3n) is 4.86. The maximum absolute atomic E-state index is 12.5. The van der Waals surface area contributed by atoms with Crippen LogP contribution < -0.4 is 0 Å². The number of likely N-dealkylation sites (tertiary alicyclic amines) is 1. The van der Waals surface area contributed by atoms with Crippen LogP contribution in [0.2, 0.25) is 0 Å². The van der Waals surface area contributed by atoms with Crippen molar-refractivity contribution in [1.29, 1.82) is 0 Å². The van der Waals surface area contributed by atoms with E-state index in [1.54, 1.807) is 18.4 Å². The number of amides is 1. The first-order valence-electron chi connectivity index (χ1n) is 8.41. The van der Waals surface area contributed by atoms with Gasteiger partial charge < -0.3 is 14.4 Å². The molecule has 0 radical (unpaired) electrons. The average molecular weight is 338 g/mol. The maximum Gasteiger partial charge on any atom is 0.227 e. The van der Waals surface area contributed by atoms with Crippen LogP contribution in [0, 0.1) is 0 Å². The van der Waals surface area contributed by atoms with Crippen LogP contribution in [-0.4, -0.2) is 74.4 Å². The Kier molecular flexibility index (Phi) is 6.05. The van der Waals surface area contributed by atoms with Crippen molar-refractivity contribution in [3.05, 3.63) is 22.4 Å². The van der Waals surface area contributed by atoms with E-state index in [9.17, 15) is 4.79 Å². The lowest BCUT2D eigenvalue weighted by atomic mass is 10.0. The van der Waals surface area contributed by atoms with Gasteiger partial charge in [0.05, 0.1) is 25.7 Å². The van der Waals surface area contributed by atoms with Crippen molar-refractivity contribution in [1.82, 2.24) is 9.80 Å². The van der Waals surface area contributed by atoms with E-state index in [1.165, 1.54) is 0 Å². The van der Waals surface area contributed by atoms with Crippen LogP contribution in [0.25, 0.3) is 0 Å². The highest BCUT2D eigenvalue weighted by atomic mass is 32.1. The zero-order valence-corrected chi connectivity index (χ0v) is 14.6. The number of ether oxygens (including phenoxy) is 2. The second-order valence-electron chi connectivity index (χ2n) is 6.27.